The maximum atomic E-state index is 12.8. The Bertz CT molecular complexity index is 353. The Morgan fingerprint density at radius 3 is 2.29 bits per heavy atom. The van der Waals surface area contributed by atoms with Crippen molar-refractivity contribution in [2.45, 2.75) is 59.8 Å². The van der Waals surface area contributed by atoms with Crippen LogP contribution < -0.4 is 5.73 Å². The van der Waals surface area contributed by atoms with Gasteiger partial charge in [-0.15, -0.1) is 0 Å². The van der Waals surface area contributed by atoms with E-state index in [1.165, 1.54) is 12.8 Å². The molecule has 2 unspecified atom stereocenters. The van der Waals surface area contributed by atoms with Crippen molar-refractivity contribution in [1.29, 1.82) is 0 Å². The minimum absolute atomic E-state index is 0.274. The first-order valence-electron chi connectivity index (χ1n) is 8.81. The lowest BCUT2D eigenvalue weighted by atomic mass is 9.69. The highest BCUT2D eigenvalue weighted by atomic mass is 16.2. The third-order valence-electron chi connectivity index (χ3n) is 6.03. The number of amides is 1. The molecule has 2 atom stereocenters. The molecular weight excluding hydrogens is 260 g/mol. The molecule has 2 fully saturated rings. The summed E-state index contributed by atoms with van der Waals surface area (Å²) in [5, 5.41) is 0. The Kier molecular flexibility index (Phi) is 5.34. The average molecular weight is 294 g/mol. The Morgan fingerprint density at radius 1 is 1.14 bits per heavy atom. The van der Waals surface area contributed by atoms with Gasteiger partial charge < -0.3 is 10.6 Å². The first kappa shape index (κ1) is 16.8. The number of hydrogen-bond acceptors (Lipinski definition) is 2. The molecule has 2 N–H and O–H groups in total. The van der Waals surface area contributed by atoms with E-state index in [1.54, 1.807) is 0 Å². The number of carbonyl (C=O) groups is 1. The van der Waals surface area contributed by atoms with E-state index in [1.807, 2.05) is 0 Å². The first-order chi connectivity index (χ1) is 9.82. The molecule has 0 aromatic heterocycles. The van der Waals surface area contributed by atoms with E-state index in [-0.39, 0.29) is 5.92 Å². The third-order valence-corrected chi connectivity index (χ3v) is 6.03. The summed E-state index contributed by atoms with van der Waals surface area (Å²) in [6.45, 7) is 11.8. The number of hydrogen-bond donors (Lipinski definition) is 1. The van der Waals surface area contributed by atoms with Gasteiger partial charge in [-0.05, 0) is 61.8 Å². The van der Waals surface area contributed by atoms with Crippen molar-refractivity contribution in [3.63, 3.8) is 0 Å². The van der Waals surface area contributed by atoms with Crippen LogP contribution in [0, 0.1) is 29.1 Å². The van der Waals surface area contributed by atoms with E-state index in [4.69, 9.17) is 5.73 Å². The second kappa shape index (κ2) is 6.68. The Hall–Kier alpha value is -0.570. The van der Waals surface area contributed by atoms with Gasteiger partial charge in [0.05, 0.1) is 0 Å². The molecule has 1 saturated carbocycles. The van der Waals surface area contributed by atoms with Crippen molar-refractivity contribution in [2.24, 2.45) is 34.8 Å². The van der Waals surface area contributed by atoms with Gasteiger partial charge in [0.15, 0.2) is 0 Å². The van der Waals surface area contributed by atoms with E-state index in [0.717, 1.165) is 38.3 Å². The minimum Gasteiger partial charge on any atom is -0.342 e. The quantitative estimate of drug-likeness (QED) is 0.849. The zero-order valence-corrected chi connectivity index (χ0v) is 14.4. The third kappa shape index (κ3) is 4.00. The molecule has 2 rings (SSSR count). The zero-order chi connectivity index (χ0) is 15.6. The summed E-state index contributed by atoms with van der Waals surface area (Å²) in [5.74, 6) is 2.62. The summed E-state index contributed by atoms with van der Waals surface area (Å²) < 4.78 is 0. The number of rotatable bonds is 2. The lowest BCUT2D eigenvalue weighted by Crippen LogP contribution is -2.48. The summed E-state index contributed by atoms with van der Waals surface area (Å²) in [6, 6.07) is 0. The van der Waals surface area contributed by atoms with Crippen LogP contribution in [0.15, 0.2) is 0 Å². The number of likely N-dealkylation sites (tertiary alicyclic amines) is 1. The van der Waals surface area contributed by atoms with Crippen LogP contribution in [0.4, 0.5) is 0 Å². The number of nitrogens with zero attached hydrogens (tertiary/aromatic N) is 1. The van der Waals surface area contributed by atoms with Crippen LogP contribution in [-0.4, -0.2) is 30.4 Å². The van der Waals surface area contributed by atoms with Gasteiger partial charge in [-0.25, -0.2) is 0 Å². The molecule has 0 aromatic rings. The van der Waals surface area contributed by atoms with Crippen LogP contribution in [0.5, 0.6) is 0 Å². The lowest BCUT2D eigenvalue weighted by molar-refractivity contribution is -0.139. The molecule has 3 nitrogen and oxygen atoms in total. The Labute approximate surface area is 130 Å². The molecule has 1 aliphatic heterocycles. The molecule has 1 heterocycles. The number of piperidine rings is 1. The van der Waals surface area contributed by atoms with Gasteiger partial charge in [-0.2, -0.15) is 0 Å². The van der Waals surface area contributed by atoms with Crippen LogP contribution in [0.2, 0.25) is 0 Å². The fourth-order valence-corrected chi connectivity index (χ4v) is 4.12. The number of carbonyl (C=O) groups excluding carboxylic acids is 1. The molecule has 1 amide bonds. The molecule has 122 valence electrons. The summed E-state index contributed by atoms with van der Waals surface area (Å²) in [7, 11) is 0. The molecule has 0 spiro atoms. The van der Waals surface area contributed by atoms with E-state index < -0.39 is 0 Å². The molecule has 1 aliphatic carbocycles. The number of nitrogens with two attached hydrogens (primary N) is 1. The van der Waals surface area contributed by atoms with E-state index in [2.05, 4.69) is 32.6 Å². The fraction of sp³-hybridized carbons (Fsp3) is 0.944. The van der Waals surface area contributed by atoms with Gasteiger partial charge in [0, 0.05) is 19.0 Å². The monoisotopic (exact) mass is 294 g/mol. The van der Waals surface area contributed by atoms with E-state index in [9.17, 15) is 4.79 Å². The normalized spacial score (nSPS) is 34.8. The lowest BCUT2D eigenvalue weighted by Gasteiger charge is -2.41. The largest absolute Gasteiger partial charge is 0.342 e. The van der Waals surface area contributed by atoms with Crippen LogP contribution in [-0.2, 0) is 4.79 Å². The van der Waals surface area contributed by atoms with E-state index in [0.29, 0.717) is 29.7 Å². The van der Waals surface area contributed by atoms with Gasteiger partial charge in [0.1, 0.15) is 0 Å². The summed E-state index contributed by atoms with van der Waals surface area (Å²) >= 11 is 0. The average Bonchev–Trinajstić information content (AvgIpc) is 2.46. The maximum Gasteiger partial charge on any atom is 0.225 e. The van der Waals surface area contributed by atoms with Crippen LogP contribution in [0.25, 0.3) is 0 Å². The van der Waals surface area contributed by atoms with Crippen molar-refractivity contribution in [3.05, 3.63) is 0 Å². The molecule has 3 heteroatoms. The minimum atomic E-state index is 0.274. The second-order valence-corrected chi connectivity index (χ2v) is 8.46. The molecular formula is C18H34N2O. The Balaban J connectivity index is 1.87. The fourth-order valence-electron chi connectivity index (χ4n) is 4.12. The second-order valence-electron chi connectivity index (χ2n) is 8.46. The van der Waals surface area contributed by atoms with Gasteiger partial charge >= 0.3 is 0 Å². The summed E-state index contributed by atoms with van der Waals surface area (Å²) in [4.78, 5) is 14.9. The molecule has 21 heavy (non-hydrogen) atoms. The molecule has 1 saturated heterocycles. The van der Waals surface area contributed by atoms with Crippen molar-refractivity contribution < 1.29 is 4.79 Å². The highest BCUT2D eigenvalue weighted by Gasteiger charge is 2.36. The molecule has 2 aliphatic rings. The molecule has 0 bridgehead atoms. The highest BCUT2D eigenvalue weighted by Crippen LogP contribution is 2.40. The van der Waals surface area contributed by atoms with Crippen molar-refractivity contribution in [3.8, 4) is 0 Å². The van der Waals surface area contributed by atoms with Crippen LogP contribution in [0.1, 0.15) is 59.8 Å². The first-order valence-corrected chi connectivity index (χ1v) is 8.81. The molecule has 0 radical (unpaired) electrons. The van der Waals surface area contributed by atoms with Gasteiger partial charge in [0.25, 0.3) is 0 Å². The standard InChI is InChI=1S/C18H34N2O/c1-13-9-10-20(12-15(13)11-19)17(21)14-5-7-16(8-6-14)18(2,3)4/h13-16H,5-12,19H2,1-4H3. The SMILES string of the molecule is CC1CCN(C(=O)C2CCC(C(C)(C)C)CC2)CC1CN. The van der Waals surface area contributed by atoms with Crippen molar-refractivity contribution in [1.82, 2.24) is 4.90 Å². The van der Waals surface area contributed by atoms with Crippen molar-refractivity contribution in [2.75, 3.05) is 19.6 Å². The van der Waals surface area contributed by atoms with Crippen LogP contribution >= 0.6 is 0 Å². The Morgan fingerprint density at radius 2 is 1.76 bits per heavy atom. The van der Waals surface area contributed by atoms with Crippen molar-refractivity contribution >= 4 is 5.91 Å². The maximum absolute atomic E-state index is 12.8. The van der Waals surface area contributed by atoms with Gasteiger partial charge in [-0.3, -0.25) is 4.79 Å². The predicted octanol–water partition coefficient (Wildman–Crippen LogP) is 3.28. The van der Waals surface area contributed by atoms with E-state index >= 15 is 0 Å². The molecule has 0 aromatic carbocycles. The zero-order valence-electron chi connectivity index (χ0n) is 14.4. The topological polar surface area (TPSA) is 46.3 Å². The van der Waals surface area contributed by atoms with Crippen LogP contribution in [0.3, 0.4) is 0 Å². The summed E-state index contributed by atoms with van der Waals surface area (Å²) in [5.41, 5.74) is 6.25. The predicted molar refractivity (Wildman–Crippen MR) is 87.8 cm³/mol. The van der Waals surface area contributed by atoms with Gasteiger partial charge in [0.2, 0.25) is 5.91 Å². The highest BCUT2D eigenvalue weighted by molar-refractivity contribution is 5.79. The van der Waals surface area contributed by atoms with Gasteiger partial charge in [-0.1, -0.05) is 27.7 Å². The summed E-state index contributed by atoms with van der Waals surface area (Å²) in [6.07, 6.45) is 5.71. The smallest absolute Gasteiger partial charge is 0.225 e.